The van der Waals surface area contributed by atoms with E-state index >= 15 is 0 Å². The van der Waals surface area contributed by atoms with E-state index in [4.69, 9.17) is 4.74 Å². The number of carboxylic acid groups (broad SMARTS) is 1. The monoisotopic (exact) mass is 270 g/mol. The number of hydrogen-bond acceptors (Lipinski definition) is 3. The van der Waals surface area contributed by atoms with Gasteiger partial charge >= 0.3 is 11.9 Å². The van der Waals surface area contributed by atoms with Gasteiger partial charge in [-0.1, -0.05) is 39.0 Å². The van der Waals surface area contributed by atoms with E-state index < -0.39 is 17.5 Å². The molecule has 1 aliphatic rings. The summed E-state index contributed by atoms with van der Waals surface area (Å²) in [5.41, 5.74) is -0.835. The van der Waals surface area contributed by atoms with Crippen molar-refractivity contribution in [1.29, 1.82) is 0 Å². The second kappa shape index (κ2) is 7.51. The molecule has 0 aromatic carbocycles. The number of esters is 1. The SMILES string of the molecule is CCCCCCCC1(C(=O)O)CCCC1OC(C)=O. The summed E-state index contributed by atoms with van der Waals surface area (Å²) in [5, 5.41) is 9.56. The largest absolute Gasteiger partial charge is 0.481 e. The number of rotatable bonds is 8. The second-order valence-electron chi connectivity index (χ2n) is 5.62. The van der Waals surface area contributed by atoms with E-state index in [0.717, 1.165) is 25.7 Å². The summed E-state index contributed by atoms with van der Waals surface area (Å²) in [6.07, 6.45) is 7.85. The molecule has 1 fully saturated rings. The van der Waals surface area contributed by atoms with Crippen molar-refractivity contribution < 1.29 is 19.4 Å². The van der Waals surface area contributed by atoms with E-state index in [0.29, 0.717) is 19.3 Å². The molecule has 0 amide bonds. The highest BCUT2D eigenvalue weighted by Gasteiger charge is 2.50. The molecule has 4 nitrogen and oxygen atoms in total. The maximum absolute atomic E-state index is 11.6. The Morgan fingerprint density at radius 1 is 1.26 bits per heavy atom. The van der Waals surface area contributed by atoms with Crippen LogP contribution in [0.5, 0.6) is 0 Å². The van der Waals surface area contributed by atoms with Gasteiger partial charge in [0.25, 0.3) is 0 Å². The van der Waals surface area contributed by atoms with Crippen LogP contribution in [0, 0.1) is 5.41 Å². The Morgan fingerprint density at radius 2 is 1.95 bits per heavy atom. The molecule has 0 spiro atoms. The molecular weight excluding hydrogens is 244 g/mol. The lowest BCUT2D eigenvalue weighted by molar-refractivity contribution is -0.165. The van der Waals surface area contributed by atoms with Crippen molar-refractivity contribution in [1.82, 2.24) is 0 Å². The van der Waals surface area contributed by atoms with Gasteiger partial charge in [-0.15, -0.1) is 0 Å². The number of ether oxygens (including phenoxy) is 1. The first-order chi connectivity index (χ1) is 9.03. The van der Waals surface area contributed by atoms with E-state index in [1.54, 1.807) is 0 Å². The molecule has 0 aromatic rings. The van der Waals surface area contributed by atoms with Gasteiger partial charge in [-0.2, -0.15) is 0 Å². The molecule has 1 aliphatic carbocycles. The maximum Gasteiger partial charge on any atom is 0.313 e. The van der Waals surface area contributed by atoms with Gasteiger partial charge in [0, 0.05) is 6.92 Å². The Bertz CT molecular complexity index is 313. The molecule has 0 aliphatic heterocycles. The third-order valence-corrected chi connectivity index (χ3v) is 4.17. The van der Waals surface area contributed by atoms with Gasteiger partial charge in [-0.25, -0.2) is 0 Å². The van der Waals surface area contributed by atoms with Crippen molar-refractivity contribution >= 4 is 11.9 Å². The molecular formula is C15H26O4. The Morgan fingerprint density at radius 3 is 2.53 bits per heavy atom. The van der Waals surface area contributed by atoms with E-state index in [1.807, 2.05) is 0 Å². The van der Waals surface area contributed by atoms with Crippen molar-refractivity contribution in [2.45, 2.75) is 77.7 Å². The lowest BCUT2D eigenvalue weighted by Crippen LogP contribution is -2.40. The summed E-state index contributed by atoms with van der Waals surface area (Å²) in [7, 11) is 0. The van der Waals surface area contributed by atoms with Gasteiger partial charge in [0.05, 0.1) is 0 Å². The Kier molecular flexibility index (Phi) is 6.32. The number of carboxylic acids is 1. The normalized spacial score (nSPS) is 26.3. The van der Waals surface area contributed by atoms with E-state index in [2.05, 4.69) is 6.92 Å². The van der Waals surface area contributed by atoms with Crippen molar-refractivity contribution in [3.8, 4) is 0 Å². The minimum Gasteiger partial charge on any atom is -0.481 e. The molecule has 1 saturated carbocycles. The minimum atomic E-state index is -0.835. The van der Waals surface area contributed by atoms with Gasteiger partial charge < -0.3 is 9.84 Å². The molecule has 2 atom stereocenters. The van der Waals surface area contributed by atoms with Gasteiger partial charge in [0.2, 0.25) is 0 Å². The molecule has 0 radical (unpaired) electrons. The molecule has 4 heteroatoms. The molecule has 110 valence electrons. The van der Waals surface area contributed by atoms with Crippen molar-refractivity contribution in [2.75, 3.05) is 0 Å². The van der Waals surface area contributed by atoms with E-state index in [-0.39, 0.29) is 5.97 Å². The average Bonchev–Trinajstić information content (AvgIpc) is 2.72. The number of carbonyl (C=O) groups excluding carboxylic acids is 1. The Balaban J connectivity index is 2.57. The summed E-state index contributed by atoms with van der Waals surface area (Å²) in [6.45, 7) is 3.51. The molecule has 1 N–H and O–H groups in total. The van der Waals surface area contributed by atoms with Crippen LogP contribution in [0.1, 0.15) is 71.6 Å². The first kappa shape index (κ1) is 16.0. The molecule has 0 bridgehead atoms. The van der Waals surface area contributed by atoms with Crippen LogP contribution < -0.4 is 0 Å². The fourth-order valence-corrected chi connectivity index (χ4v) is 3.09. The summed E-state index contributed by atoms with van der Waals surface area (Å²) < 4.78 is 5.25. The van der Waals surface area contributed by atoms with Crippen molar-refractivity contribution in [3.63, 3.8) is 0 Å². The lowest BCUT2D eigenvalue weighted by atomic mass is 9.79. The predicted molar refractivity (Wildman–Crippen MR) is 72.8 cm³/mol. The van der Waals surface area contributed by atoms with Gasteiger partial charge in [-0.05, 0) is 25.7 Å². The van der Waals surface area contributed by atoms with Crippen LogP contribution in [-0.4, -0.2) is 23.1 Å². The number of aliphatic carboxylic acids is 1. The van der Waals surface area contributed by atoms with E-state index in [9.17, 15) is 14.7 Å². The highest BCUT2D eigenvalue weighted by molar-refractivity contribution is 5.77. The summed E-state index contributed by atoms with van der Waals surface area (Å²) in [4.78, 5) is 22.8. The standard InChI is InChI=1S/C15H26O4/c1-3-4-5-6-7-10-15(14(17)18)11-8-9-13(15)19-12(2)16/h13H,3-11H2,1-2H3,(H,17,18). The van der Waals surface area contributed by atoms with Crippen molar-refractivity contribution in [3.05, 3.63) is 0 Å². The fraction of sp³-hybridized carbons (Fsp3) is 0.867. The summed E-state index contributed by atoms with van der Waals surface area (Å²) in [6, 6.07) is 0. The van der Waals surface area contributed by atoms with Gasteiger partial charge in [0.15, 0.2) is 0 Å². The highest BCUT2D eigenvalue weighted by Crippen LogP contribution is 2.44. The van der Waals surface area contributed by atoms with Crippen LogP contribution in [0.4, 0.5) is 0 Å². The summed E-state index contributed by atoms with van der Waals surface area (Å²) in [5.74, 6) is -1.17. The molecule has 2 unspecified atom stereocenters. The zero-order valence-electron chi connectivity index (χ0n) is 12.1. The first-order valence-electron chi connectivity index (χ1n) is 7.43. The first-order valence-corrected chi connectivity index (χ1v) is 7.43. The van der Waals surface area contributed by atoms with Crippen molar-refractivity contribution in [2.24, 2.45) is 5.41 Å². The Labute approximate surface area is 115 Å². The second-order valence-corrected chi connectivity index (χ2v) is 5.62. The minimum absolute atomic E-state index is 0.372. The van der Waals surface area contributed by atoms with Crippen LogP contribution in [0.2, 0.25) is 0 Å². The fourth-order valence-electron chi connectivity index (χ4n) is 3.09. The van der Waals surface area contributed by atoms with Crippen LogP contribution in [0.25, 0.3) is 0 Å². The van der Waals surface area contributed by atoms with Crippen LogP contribution in [0.3, 0.4) is 0 Å². The maximum atomic E-state index is 11.6. The smallest absolute Gasteiger partial charge is 0.313 e. The summed E-state index contributed by atoms with van der Waals surface area (Å²) >= 11 is 0. The predicted octanol–water partition coefficient (Wildman–Crippen LogP) is 3.53. The molecule has 0 aromatic heterocycles. The third kappa shape index (κ3) is 4.22. The number of unbranched alkanes of at least 4 members (excludes halogenated alkanes) is 4. The Hall–Kier alpha value is -1.06. The lowest BCUT2D eigenvalue weighted by Gasteiger charge is -2.30. The molecule has 1 rings (SSSR count). The number of carbonyl (C=O) groups is 2. The van der Waals surface area contributed by atoms with Crippen LogP contribution >= 0.6 is 0 Å². The zero-order valence-corrected chi connectivity index (χ0v) is 12.1. The van der Waals surface area contributed by atoms with Gasteiger partial charge in [-0.3, -0.25) is 9.59 Å². The third-order valence-electron chi connectivity index (χ3n) is 4.17. The number of hydrogen-bond donors (Lipinski definition) is 1. The van der Waals surface area contributed by atoms with E-state index in [1.165, 1.54) is 19.8 Å². The quantitative estimate of drug-likeness (QED) is 0.541. The highest BCUT2D eigenvalue weighted by atomic mass is 16.5. The van der Waals surface area contributed by atoms with Crippen LogP contribution in [0.15, 0.2) is 0 Å². The average molecular weight is 270 g/mol. The van der Waals surface area contributed by atoms with Crippen LogP contribution in [-0.2, 0) is 14.3 Å². The molecule has 19 heavy (non-hydrogen) atoms. The zero-order chi connectivity index (χ0) is 14.3. The van der Waals surface area contributed by atoms with Gasteiger partial charge in [0.1, 0.15) is 11.5 Å². The molecule has 0 heterocycles. The molecule has 0 saturated heterocycles. The topological polar surface area (TPSA) is 63.6 Å².